The molecule has 1 fully saturated rings. The Morgan fingerprint density at radius 1 is 0.935 bits per heavy atom. The zero-order chi connectivity index (χ0) is 22.7. The summed E-state index contributed by atoms with van der Waals surface area (Å²) in [7, 11) is 0. The summed E-state index contributed by atoms with van der Waals surface area (Å²) in [6, 6.07) is 8.36. The van der Waals surface area contributed by atoms with Crippen LogP contribution in [0.25, 0.3) is 0 Å². The van der Waals surface area contributed by atoms with E-state index >= 15 is 0 Å². The fraction of sp³-hybridized carbons (Fsp3) is 0.381. The van der Waals surface area contributed by atoms with E-state index in [1.807, 2.05) is 0 Å². The fourth-order valence-electron chi connectivity index (χ4n) is 3.30. The van der Waals surface area contributed by atoms with Crippen molar-refractivity contribution in [2.24, 2.45) is 0 Å². The predicted octanol–water partition coefficient (Wildman–Crippen LogP) is -0.202. The molecule has 0 radical (unpaired) electrons. The Hall–Kier alpha value is -2.89. The zero-order valence-electron chi connectivity index (χ0n) is 16.3. The topological polar surface area (TPSA) is 177 Å². The van der Waals surface area contributed by atoms with Crippen molar-refractivity contribution in [1.29, 1.82) is 0 Å². The minimum atomic E-state index is -1.55. The van der Waals surface area contributed by atoms with Crippen molar-refractivity contribution < 1.29 is 50.0 Å². The smallest absolute Gasteiger partial charge is 0.229 e. The number of aryl methyl sites for hydroxylation is 1. The number of carbonyl (C=O) groups is 1. The summed E-state index contributed by atoms with van der Waals surface area (Å²) in [6.07, 6.45) is -6.66. The van der Waals surface area contributed by atoms with Crippen LogP contribution >= 0.6 is 0 Å². The first-order chi connectivity index (χ1) is 14.7. The molecule has 0 bridgehead atoms. The van der Waals surface area contributed by atoms with Gasteiger partial charge in [0, 0.05) is 18.6 Å². The second-order valence-corrected chi connectivity index (χ2v) is 7.24. The lowest BCUT2D eigenvalue weighted by molar-refractivity contribution is -0.277. The van der Waals surface area contributed by atoms with Gasteiger partial charge in [-0.3, -0.25) is 4.79 Å². The normalized spacial score (nSPS) is 25.9. The molecule has 5 atom stereocenters. The van der Waals surface area contributed by atoms with E-state index in [0.717, 1.165) is 17.7 Å². The maximum absolute atomic E-state index is 12.3. The average Bonchev–Trinajstić information content (AvgIpc) is 2.73. The van der Waals surface area contributed by atoms with Crippen molar-refractivity contribution in [3.8, 4) is 23.0 Å². The molecule has 1 aliphatic rings. The third-order valence-electron chi connectivity index (χ3n) is 5.03. The van der Waals surface area contributed by atoms with Gasteiger partial charge in [-0.15, -0.1) is 0 Å². The molecule has 10 heteroatoms. The molecule has 10 nitrogen and oxygen atoms in total. The van der Waals surface area contributed by atoms with Gasteiger partial charge in [0.15, 0.2) is 5.78 Å². The van der Waals surface area contributed by atoms with E-state index in [1.165, 1.54) is 0 Å². The summed E-state index contributed by atoms with van der Waals surface area (Å²) < 4.78 is 10.8. The van der Waals surface area contributed by atoms with E-state index in [4.69, 9.17) is 9.47 Å². The van der Waals surface area contributed by atoms with E-state index in [0.29, 0.717) is 6.42 Å². The van der Waals surface area contributed by atoms with Gasteiger partial charge in [0.2, 0.25) is 6.29 Å². The molecule has 7 N–H and O–H groups in total. The maximum atomic E-state index is 12.3. The number of carbonyl (C=O) groups excluding carboxylic acids is 1. The van der Waals surface area contributed by atoms with Crippen LogP contribution in [0.2, 0.25) is 0 Å². The van der Waals surface area contributed by atoms with Crippen molar-refractivity contribution in [2.75, 3.05) is 6.61 Å². The second kappa shape index (κ2) is 9.50. The molecule has 168 valence electrons. The minimum Gasteiger partial charge on any atom is -0.508 e. The lowest BCUT2D eigenvalue weighted by atomic mass is 9.99. The number of benzene rings is 2. The summed E-state index contributed by atoms with van der Waals surface area (Å²) >= 11 is 0. The first-order valence-electron chi connectivity index (χ1n) is 9.55. The number of phenolic OH excluding ortho intramolecular Hbond substituents is 3. The summed E-state index contributed by atoms with van der Waals surface area (Å²) in [6.45, 7) is -0.566. The molecular weight excluding hydrogens is 412 g/mol. The number of hydrogen-bond acceptors (Lipinski definition) is 10. The number of ketones is 1. The molecule has 2 aromatic carbocycles. The number of phenols is 3. The third kappa shape index (κ3) is 5.06. The van der Waals surface area contributed by atoms with Crippen LogP contribution in [0.3, 0.4) is 0 Å². The molecular formula is C21H24O10. The molecule has 0 saturated carbocycles. The lowest BCUT2D eigenvalue weighted by Crippen LogP contribution is -2.60. The Balaban J connectivity index is 1.60. The molecule has 0 unspecified atom stereocenters. The van der Waals surface area contributed by atoms with E-state index < -0.39 is 54.6 Å². The Bertz CT molecular complexity index is 888. The number of aromatic hydroxyl groups is 3. The largest absolute Gasteiger partial charge is 0.508 e. The molecule has 0 aromatic heterocycles. The van der Waals surface area contributed by atoms with Crippen LogP contribution in [0, 0.1) is 0 Å². The number of rotatable bonds is 7. The first kappa shape index (κ1) is 22.8. The predicted molar refractivity (Wildman–Crippen MR) is 105 cm³/mol. The molecule has 2 aromatic rings. The number of hydrogen-bond donors (Lipinski definition) is 7. The van der Waals surface area contributed by atoms with Crippen LogP contribution in [-0.4, -0.2) is 78.8 Å². The third-order valence-corrected chi connectivity index (χ3v) is 5.03. The Kier molecular flexibility index (Phi) is 6.98. The van der Waals surface area contributed by atoms with E-state index in [1.54, 1.807) is 24.3 Å². The van der Waals surface area contributed by atoms with Gasteiger partial charge in [-0.25, -0.2) is 0 Å². The Labute approximate surface area is 177 Å². The van der Waals surface area contributed by atoms with Crippen molar-refractivity contribution in [3.63, 3.8) is 0 Å². The lowest BCUT2D eigenvalue weighted by Gasteiger charge is -2.39. The summed E-state index contributed by atoms with van der Waals surface area (Å²) in [5, 5.41) is 67.7. The van der Waals surface area contributed by atoms with Gasteiger partial charge >= 0.3 is 0 Å². The van der Waals surface area contributed by atoms with E-state index in [-0.39, 0.29) is 23.5 Å². The zero-order valence-corrected chi connectivity index (χ0v) is 16.3. The van der Waals surface area contributed by atoms with Crippen molar-refractivity contribution in [3.05, 3.63) is 47.5 Å². The molecule has 0 spiro atoms. The van der Waals surface area contributed by atoms with Gasteiger partial charge in [0.05, 0.1) is 6.61 Å². The SMILES string of the molecule is O=C(CCc1ccc(O[C@H]2O[C@@H](CO)[C@H](O)[C@@H](O)[C@@H]2O)cc1)c1c(O)cc(O)cc1O. The molecule has 0 amide bonds. The molecule has 0 aliphatic carbocycles. The highest BCUT2D eigenvalue weighted by Gasteiger charge is 2.44. The Morgan fingerprint density at radius 3 is 2.13 bits per heavy atom. The number of aliphatic hydroxyl groups is 4. The average molecular weight is 436 g/mol. The van der Waals surface area contributed by atoms with Gasteiger partial charge in [-0.1, -0.05) is 12.1 Å². The first-order valence-corrected chi connectivity index (χ1v) is 9.55. The highest BCUT2D eigenvalue weighted by Crippen LogP contribution is 2.33. The quantitative estimate of drug-likeness (QED) is 0.288. The second-order valence-electron chi connectivity index (χ2n) is 7.24. The standard InChI is InChI=1S/C21H24O10/c22-9-16-18(27)19(28)20(29)21(31-16)30-12-4-1-10(2-5-12)3-6-13(24)17-14(25)7-11(23)8-15(17)26/h1-2,4-5,7-8,16,18-23,25-29H,3,6,9H2/t16-,18-,19+,20-,21-/m0/s1. The van der Waals surface area contributed by atoms with Gasteiger partial charge in [-0.05, 0) is 24.1 Å². The van der Waals surface area contributed by atoms with Crippen LogP contribution in [-0.2, 0) is 11.2 Å². The molecule has 1 heterocycles. The summed E-state index contributed by atoms with van der Waals surface area (Å²) in [4.78, 5) is 12.3. The van der Waals surface area contributed by atoms with Crippen LogP contribution in [0.15, 0.2) is 36.4 Å². The molecule has 31 heavy (non-hydrogen) atoms. The van der Waals surface area contributed by atoms with Gasteiger partial charge < -0.3 is 45.2 Å². The highest BCUT2D eigenvalue weighted by atomic mass is 16.7. The van der Waals surface area contributed by atoms with Crippen LogP contribution in [0.5, 0.6) is 23.0 Å². The van der Waals surface area contributed by atoms with Crippen molar-refractivity contribution >= 4 is 5.78 Å². The van der Waals surface area contributed by atoms with E-state index in [2.05, 4.69) is 0 Å². The fourth-order valence-corrected chi connectivity index (χ4v) is 3.30. The van der Waals surface area contributed by atoms with Crippen LogP contribution < -0.4 is 4.74 Å². The van der Waals surface area contributed by atoms with Crippen LogP contribution in [0.4, 0.5) is 0 Å². The molecule has 1 saturated heterocycles. The van der Waals surface area contributed by atoms with Gasteiger partial charge in [-0.2, -0.15) is 0 Å². The van der Waals surface area contributed by atoms with E-state index in [9.17, 15) is 40.5 Å². The summed E-state index contributed by atoms with van der Waals surface area (Å²) in [5.74, 6) is -1.59. The number of ether oxygens (including phenoxy) is 2. The van der Waals surface area contributed by atoms with Crippen molar-refractivity contribution in [2.45, 2.75) is 43.5 Å². The van der Waals surface area contributed by atoms with Crippen LogP contribution in [0.1, 0.15) is 22.3 Å². The monoisotopic (exact) mass is 436 g/mol. The number of Topliss-reactive ketones (excluding diaryl/α,β-unsaturated/α-hetero) is 1. The van der Waals surface area contributed by atoms with Gasteiger partial charge in [0.1, 0.15) is 53.0 Å². The number of aliphatic hydroxyl groups excluding tert-OH is 4. The summed E-state index contributed by atoms with van der Waals surface area (Å²) in [5.41, 5.74) is 0.479. The minimum absolute atomic E-state index is 0.0151. The van der Waals surface area contributed by atoms with Gasteiger partial charge in [0.25, 0.3) is 0 Å². The Morgan fingerprint density at radius 2 is 1.55 bits per heavy atom. The molecule has 1 aliphatic heterocycles. The molecule has 3 rings (SSSR count). The van der Waals surface area contributed by atoms with Crippen molar-refractivity contribution in [1.82, 2.24) is 0 Å². The highest BCUT2D eigenvalue weighted by molar-refractivity contribution is 6.01. The maximum Gasteiger partial charge on any atom is 0.229 e.